The van der Waals surface area contributed by atoms with E-state index in [1.807, 2.05) is 0 Å². The second-order valence-corrected chi connectivity index (χ2v) is 5.08. The van der Waals surface area contributed by atoms with Gasteiger partial charge >= 0.3 is 0 Å². The van der Waals surface area contributed by atoms with E-state index >= 15 is 0 Å². The number of nitriles is 1. The van der Waals surface area contributed by atoms with E-state index in [9.17, 15) is 5.26 Å². The molecule has 3 heteroatoms. The molecule has 0 aliphatic heterocycles. The minimum atomic E-state index is 0.485. The number of H-pyrrole nitrogens is 1. The predicted molar refractivity (Wildman–Crippen MR) is 74.3 cm³/mol. The highest BCUT2D eigenvalue weighted by atomic mass is 14.9. The third-order valence-electron chi connectivity index (χ3n) is 3.78. The molecule has 3 nitrogen and oxygen atoms in total. The number of hydrogen-bond acceptors (Lipinski definition) is 2. The van der Waals surface area contributed by atoms with E-state index in [4.69, 9.17) is 5.73 Å². The highest BCUT2D eigenvalue weighted by molar-refractivity contribution is 5.78. The quantitative estimate of drug-likeness (QED) is 0.844. The topological polar surface area (TPSA) is 64.0 Å². The summed E-state index contributed by atoms with van der Waals surface area (Å²) in [4.78, 5) is 3.18. The zero-order chi connectivity index (χ0) is 13.4. The summed E-state index contributed by atoms with van der Waals surface area (Å²) in [6.07, 6.45) is 3.16. The monoisotopic (exact) mass is 250 g/mol. The lowest BCUT2D eigenvalue weighted by atomic mass is 9.94. The van der Waals surface area contributed by atoms with Gasteiger partial charge in [0.1, 0.15) is 17.3 Å². The van der Waals surface area contributed by atoms with Gasteiger partial charge in [0.25, 0.3) is 5.82 Å². The van der Waals surface area contributed by atoms with E-state index in [0.29, 0.717) is 11.4 Å². The predicted octanol–water partition coefficient (Wildman–Crippen LogP) is 2.42. The highest BCUT2D eigenvalue weighted by Crippen LogP contribution is 2.34. The normalized spacial score (nSPS) is 13.1. The molecule has 0 bridgehead atoms. The number of nitrogens with two attached hydrogens (primary N) is 1. The van der Waals surface area contributed by atoms with Gasteiger partial charge in [-0.2, -0.15) is 5.26 Å². The molecule has 0 spiro atoms. The fraction of sp³-hybridized carbons (Fsp3) is 0.250. The molecule has 1 aliphatic rings. The minimum Gasteiger partial charge on any atom is -0.286 e. The van der Waals surface area contributed by atoms with Gasteiger partial charge in [0.05, 0.1) is 0 Å². The molecule has 2 aromatic rings. The average molecular weight is 250 g/mol. The van der Waals surface area contributed by atoms with Gasteiger partial charge in [0.2, 0.25) is 0 Å². The SMILES string of the molecule is Cc1ccc(-c2c(C#N)c(N)[nH+]c3c2CCC3)cc1. The van der Waals surface area contributed by atoms with Crippen molar-refractivity contribution in [2.45, 2.75) is 26.2 Å². The molecule has 1 aromatic carbocycles. The van der Waals surface area contributed by atoms with E-state index in [-0.39, 0.29) is 0 Å². The van der Waals surface area contributed by atoms with Gasteiger partial charge in [-0.1, -0.05) is 29.8 Å². The number of fused-ring (bicyclic) bond motifs is 1. The number of nitrogens with one attached hydrogen (secondary N) is 1. The van der Waals surface area contributed by atoms with Crippen molar-refractivity contribution < 1.29 is 4.98 Å². The van der Waals surface area contributed by atoms with Crippen molar-refractivity contribution in [2.75, 3.05) is 5.73 Å². The van der Waals surface area contributed by atoms with Crippen LogP contribution < -0.4 is 10.7 Å². The number of pyridine rings is 1. The van der Waals surface area contributed by atoms with Gasteiger partial charge in [0.15, 0.2) is 0 Å². The van der Waals surface area contributed by atoms with Crippen LogP contribution in [0.4, 0.5) is 5.82 Å². The number of nitrogen functional groups attached to an aromatic ring is 1. The van der Waals surface area contributed by atoms with E-state index in [1.165, 1.54) is 16.8 Å². The zero-order valence-corrected chi connectivity index (χ0v) is 11.0. The van der Waals surface area contributed by atoms with Crippen LogP contribution in [0.25, 0.3) is 11.1 Å². The van der Waals surface area contributed by atoms with Crippen molar-refractivity contribution >= 4 is 5.82 Å². The van der Waals surface area contributed by atoms with Crippen molar-refractivity contribution in [3.63, 3.8) is 0 Å². The molecule has 19 heavy (non-hydrogen) atoms. The summed E-state index contributed by atoms with van der Waals surface area (Å²) in [5.41, 5.74) is 12.3. The standard InChI is InChI=1S/C16H15N3/c1-10-5-7-11(8-6-10)15-12-3-2-4-14(12)19-16(18)13(15)9-17/h5-8H,2-4H2,1H3,(H2,18,19)/p+1. The second-order valence-electron chi connectivity index (χ2n) is 5.08. The molecule has 0 saturated heterocycles. The minimum absolute atomic E-state index is 0.485. The van der Waals surface area contributed by atoms with Crippen LogP contribution in [0, 0.1) is 18.3 Å². The van der Waals surface area contributed by atoms with Crippen LogP contribution in [-0.4, -0.2) is 0 Å². The number of anilines is 1. The first-order valence-corrected chi connectivity index (χ1v) is 6.54. The Kier molecular flexibility index (Phi) is 2.72. The van der Waals surface area contributed by atoms with Crippen LogP contribution in [0.1, 0.15) is 28.8 Å². The summed E-state index contributed by atoms with van der Waals surface area (Å²) in [5, 5.41) is 9.40. The van der Waals surface area contributed by atoms with Crippen LogP contribution >= 0.6 is 0 Å². The van der Waals surface area contributed by atoms with Crippen LogP contribution in [0.5, 0.6) is 0 Å². The van der Waals surface area contributed by atoms with E-state index in [1.54, 1.807) is 0 Å². The van der Waals surface area contributed by atoms with E-state index in [0.717, 1.165) is 30.4 Å². The lowest BCUT2D eigenvalue weighted by Crippen LogP contribution is -2.19. The van der Waals surface area contributed by atoms with Crippen LogP contribution in [0.2, 0.25) is 0 Å². The van der Waals surface area contributed by atoms with Crippen molar-refractivity contribution in [2.24, 2.45) is 0 Å². The lowest BCUT2D eigenvalue weighted by molar-refractivity contribution is -0.372. The molecule has 3 rings (SSSR count). The molecule has 94 valence electrons. The van der Waals surface area contributed by atoms with Crippen molar-refractivity contribution in [3.8, 4) is 17.2 Å². The molecule has 0 atom stereocenters. The smallest absolute Gasteiger partial charge is 0.286 e. The molecule has 0 radical (unpaired) electrons. The number of aromatic amines is 1. The second kappa shape index (κ2) is 4.40. The number of nitrogens with zero attached hydrogens (tertiary/aromatic N) is 1. The van der Waals surface area contributed by atoms with Gasteiger partial charge in [-0.25, -0.2) is 4.98 Å². The van der Waals surface area contributed by atoms with Gasteiger partial charge < -0.3 is 0 Å². The molecular formula is C16H16N3+. The largest absolute Gasteiger partial charge is 0.289 e. The highest BCUT2D eigenvalue weighted by Gasteiger charge is 2.25. The molecule has 1 heterocycles. The molecule has 1 aliphatic carbocycles. The van der Waals surface area contributed by atoms with Crippen LogP contribution in [0.3, 0.4) is 0 Å². The van der Waals surface area contributed by atoms with E-state index < -0.39 is 0 Å². The Balaban J connectivity index is 2.30. The average Bonchev–Trinajstić information content (AvgIpc) is 2.86. The maximum Gasteiger partial charge on any atom is 0.289 e. The summed E-state index contributed by atoms with van der Waals surface area (Å²) in [6.45, 7) is 2.06. The maximum absolute atomic E-state index is 9.40. The third kappa shape index (κ3) is 1.86. The number of hydrogen-bond donors (Lipinski definition) is 1. The molecule has 0 saturated carbocycles. The Morgan fingerprint density at radius 1 is 1.21 bits per heavy atom. The lowest BCUT2D eigenvalue weighted by Gasteiger charge is -2.10. The summed E-state index contributed by atoms with van der Waals surface area (Å²) < 4.78 is 0. The van der Waals surface area contributed by atoms with Gasteiger partial charge in [0, 0.05) is 17.5 Å². The Labute approximate surface area is 112 Å². The van der Waals surface area contributed by atoms with Crippen molar-refractivity contribution in [1.82, 2.24) is 0 Å². The maximum atomic E-state index is 9.40. The number of aromatic nitrogens is 1. The van der Waals surface area contributed by atoms with Crippen LogP contribution in [-0.2, 0) is 12.8 Å². The summed E-state index contributed by atoms with van der Waals surface area (Å²) in [7, 11) is 0. The Bertz CT molecular complexity index is 678. The van der Waals surface area contributed by atoms with Crippen LogP contribution in [0.15, 0.2) is 24.3 Å². The molecule has 1 aromatic heterocycles. The van der Waals surface area contributed by atoms with Crippen molar-refractivity contribution in [3.05, 3.63) is 46.6 Å². The Morgan fingerprint density at radius 3 is 2.63 bits per heavy atom. The zero-order valence-electron chi connectivity index (χ0n) is 11.0. The third-order valence-corrected chi connectivity index (χ3v) is 3.78. The Hall–Kier alpha value is -2.34. The molecule has 0 fully saturated rings. The first kappa shape index (κ1) is 11.7. The van der Waals surface area contributed by atoms with Gasteiger partial charge in [-0.3, -0.25) is 5.73 Å². The first-order chi connectivity index (χ1) is 9.20. The fourth-order valence-electron chi connectivity index (χ4n) is 2.82. The number of aryl methyl sites for hydroxylation is 2. The Morgan fingerprint density at radius 2 is 1.95 bits per heavy atom. The van der Waals surface area contributed by atoms with Gasteiger partial charge in [-0.05, 0) is 25.3 Å². The fourth-order valence-corrected chi connectivity index (χ4v) is 2.82. The number of rotatable bonds is 1. The molecule has 0 amide bonds. The van der Waals surface area contributed by atoms with E-state index in [2.05, 4.69) is 42.2 Å². The summed E-state index contributed by atoms with van der Waals surface area (Å²) >= 11 is 0. The molecule has 0 unspecified atom stereocenters. The number of benzene rings is 1. The molecular weight excluding hydrogens is 234 g/mol. The first-order valence-electron chi connectivity index (χ1n) is 6.54. The summed E-state index contributed by atoms with van der Waals surface area (Å²) in [6, 6.07) is 10.5. The van der Waals surface area contributed by atoms with Crippen molar-refractivity contribution in [1.29, 1.82) is 5.26 Å². The summed E-state index contributed by atoms with van der Waals surface area (Å²) in [5.74, 6) is 0.485. The molecule has 3 N–H and O–H groups in total. The van der Waals surface area contributed by atoms with Gasteiger partial charge in [-0.15, -0.1) is 0 Å².